The number of hydrogen-bond donors (Lipinski definition) is 1. The van der Waals surface area contributed by atoms with Gasteiger partial charge in [0.05, 0.1) is 5.92 Å². The van der Waals surface area contributed by atoms with E-state index in [0.29, 0.717) is 19.6 Å². The topological polar surface area (TPSA) is 95.5 Å². The first kappa shape index (κ1) is 21.7. The number of nitrogens with zero attached hydrogens (tertiary/aromatic N) is 3. The molecule has 2 amide bonds. The van der Waals surface area contributed by atoms with Gasteiger partial charge in [-0.05, 0) is 26.7 Å². The molecule has 3 aliphatic rings. The number of nitrogens with one attached hydrogen (secondary N) is 1. The predicted octanol–water partition coefficient (Wildman–Crippen LogP) is 0.978. The van der Waals surface area contributed by atoms with Crippen molar-refractivity contribution >= 4 is 11.8 Å². The standard InChI is InChI=1S/C19H26N4O4.CH4/c1-13(2)5-10-23-15-4-3-14(18(23)26)11-22(12-15)17(25)7-9-21-8-6-16(24)20-19(21)27;/h5-6,8,14-15H,3-4,7,9-12H2,1-2H3,(H,20,24,27);1H4/t14-,15+;/m1./s1. The second kappa shape index (κ2) is 9.03. The zero-order chi connectivity index (χ0) is 19.6. The number of hydrogen-bond acceptors (Lipinski definition) is 4. The molecule has 2 bridgehead atoms. The Morgan fingerprint density at radius 1 is 1.21 bits per heavy atom. The molecule has 0 spiro atoms. The van der Waals surface area contributed by atoms with Gasteiger partial charge in [-0.1, -0.05) is 19.1 Å². The Kier molecular flexibility index (Phi) is 6.99. The molecule has 4 heterocycles. The van der Waals surface area contributed by atoms with Crippen molar-refractivity contribution in [1.29, 1.82) is 0 Å². The van der Waals surface area contributed by atoms with Crippen molar-refractivity contribution in [3.63, 3.8) is 0 Å². The van der Waals surface area contributed by atoms with Crippen LogP contribution >= 0.6 is 0 Å². The molecular weight excluding hydrogens is 360 g/mol. The maximum atomic E-state index is 12.7. The third kappa shape index (κ3) is 4.79. The van der Waals surface area contributed by atoms with Gasteiger partial charge in [0, 0.05) is 50.9 Å². The van der Waals surface area contributed by atoms with Gasteiger partial charge in [-0.15, -0.1) is 0 Å². The molecule has 1 aromatic heterocycles. The summed E-state index contributed by atoms with van der Waals surface area (Å²) < 4.78 is 1.32. The smallest absolute Gasteiger partial charge is 0.328 e. The van der Waals surface area contributed by atoms with E-state index in [0.717, 1.165) is 12.8 Å². The van der Waals surface area contributed by atoms with Crippen molar-refractivity contribution in [3.8, 4) is 0 Å². The molecule has 2 atom stereocenters. The summed E-state index contributed by atoms with van der Waals surface area (Å²) in [5.41, 5.74) is 0.193. The van der Waals surface area contributed by atoms with E-state index in [1.54, 1.807) is 4.90 Å². The highest BCUT2D eigenvalue weighted by molar-refractivity contribution is 5.83. The van der Waals surface area contributed by atoms with Gasteiger partial charge in [-0.2, -0.15) is 0 Å². The molecule has 28 heavy (non-hydrogen) atoms. The highest BCUT2D eigenvalue weighted by Crippen LogP contribution is 2.29. The van der Waals surface area contributed by atoms with Gasteiger partial charge in [-0.25, -0.2) is 4.79 Å². The van der Waals surface area contributed by atoms with Gasteiger partial charge in [-0.3, -0.25) is 19.4 Å². The van der Waals surface area contributed by atoms with Crippen molar-refractivity contribution < 1.29 is 9.59 Å². The molecule has 0 saturated carbocycles. The van der Waals surface area contributed by atoms with Crippen LogP contribution in [0.2, 0.25) is 0 Å². The van der Waals surface area contributed by atoms with Crippen molar-refractivity contribution in [3.05, 3.63) is 44.8 Å². The lowest BCUT2D eigenvalue weighted by molar-refractivity contribution is -0.139. The summed E-state index contributed by atoms with van der Waals surface area (Å²) in [4.78, 5) is 54.1. The van der Waals surface area contributed by atoms with E-state index in [2.05, 4.69) is 4.98 Å². The Bertz CT molecular complexity index is 865. The summed E-state index contributed by atoms with van der Waals surface area (Å²) >= 11 is 0. The van der Waals surface area contributed by atoms with Crippen LogP contribution in [-0.2, 0) is 16.1 Å². The van der Waals surface area contributed by atoms with E-state index in [-0.39, 0.29) is 44.2 Å². The van der Waals surface area contributed by atoms with E-state index in [1.807, 2.05) is 24.8 Å². The zero-order valence-corrected chi connectivity index (χ0v) is 15.8. The van der Waals surface area contributed by atoms with Gasteiger partial charge in [0.25, 0.3) is 5.56 Å². The second-order valence-corrected chi connectivity index (χ2v) is 7.55. The fourth-order valence-electron chi connectivity index (χ4n) is 3.76. The minimum atomic E-state index is -0.519. The molecule has 3 aliphatic heterocycles. The largest absolute Gasteiger partial charge is 0.340 e. The van der Waals surface area contributed by atoms with Crippen LogP contribution < -0.4 is 11.2 Å². The fourth-order valence-corrected chi connectivity index (χ4v) is 3.76. The van der Waals surface area contributed by atoms with Crippen molar-refractivity contribution in [1.82, 2.24) is 19.4 Å². The number of amides is 2. The van der Waals surface area contributed by atoms with Crippen LogP contribution in [0.15, 0.2) is 33.5 Å². The molecule has 3 fully saturated rings. The third-order valence-electron chi connectivity index (χ3n) is 5.31. The quantitative estimate of drug-likeness (QED) is 0.758. The molecule has 1 N–H and O–H groups in total. The lowest BCUT2D eigenvalue weighted by Gasteiger charge is -2.35. The van der Waals surface area contributed by atoms with Crippen molar-refractivity contribution in [2.24, 2.45) is 5.92 Å². The number of fused-ring (bicyclic) bond motifs is 4. The Morgan fingerprint density at radius 3 is 2.64 bits per heavy atom. The van der Waals surface area contributed by atoms with E-state index >= 15 is 0 Å². The second-order valence-electron chi connectivity index (χ2n) is 7.55. The molecule has 0 radical (unpaired) electrons. The molecule has 0 aromatic carbocycles. The Morgan fingerprint density at radius 2 is 1.96 bits per heavy atom. The minimum absolute atomic E-state index is 0. The van der Waals surface area contributed by atoms with Gasteiger partial charge < -0.3 is 14.4 Å². The van der Waals surface area contributed by atoms with E-state index in [9.17, 15) is 19.2 Å². The summed E-state index contributed by atoms with van der Waals surface area (Å²) in [6.45, 7) is 5.80. The van der Waals surface area contributed by atoms with Crippen LogP contribution in [0.5, 0.6) is 0 Å². The van der Waals surface area contributed by atoms with Crippen molar-refractivity contribution in [2.45, 2.75) is 53.1 Å². The molecule has 0 aliphatic carbocycles. The predicted molar refractivity (Wildman–Crippen MR) is 107 cm³/mol. The Hall–Kier alpha value is -2.64. The van der Waals surface area contributed by atoms with Gasteiger partial charge in [0.15, 0.2) is 0 Å². The minimum Gasteiger partial charge on any atom is -0.340 e. The number of piperidine rings is 1. The van der Waals surface area contributed by atoms with Crippen LogP contribution in [0.25, 0.3) is 0 Å². The molecule has 3 saturated heterocycles. The van der Waals surface area contributed by atoms with Gasteiger partial charge >= 0.3 is 5.69 Å². The SMILES string of the molecule is C.CC(C)=CCN1C(=O)[C@@H]2CC[C@H]1CN(C(=O)CCn1ccc(=O)[nH]c1=O)C2. The molecule has 8 nitrogen and oxygen atoms in total. The van der Waals surface area contributed by atoms with Crippen LogP contribution in [0.3, 0.4) is 0 Å². The first-order chi connectivity index (χ1) is 12.8. The van der Waals surface area contributed by atoms with Crippen LogP contribution in [0.4, 0.5) is 0 Å². The third-order valence-corrected chi connectivity index (χ3v) is 5.31. The molecule has 0 unspecified atom stereocenters. The van der Waals surface area contributed by atoms with E-state index in [4.69, 9.17) is 0 Å². The number of rotatable bonds is 5. The maximum Gasteiger partial charge on any atom is 0.328 e. The number of carbonyl (C=O) groups excluding carboxylic acids is 2. The van der Waals surface area contributed by atoms with Gasteiger partial charge in [0.2, 0.25) is 11.8 Å². The number of allylic oxidation sites excluding steroid dienone is 1. The van der Waals surface area contributed by atoms with Crippen LogP contribution in [-0.4, -0.2) is 56.8 Å². The number of aryl methyl sites for hydroxylation is 1. The first-order valence-corrected chi connectivity index (χ1v) is 9.36. The summed E-state index contributed by atoms with van der Waals surface area (Å²) in [5.74, 6) is -0.0770. The number of carbonyl (C=O) groups is 2. The van der Waals surface area contributed by atoms with Gasteiger partial charge in [0.1, 0.15) is 0 Å². The molecule has 154 valence electrons. The monoisotopic (exact) mass is 390 g/mol. The lowest BCUT2D eigenvalue weighted by Crippen LogP contribution is -2.48. The Labute approximate surface area is 164 Å². The first-order valence-electron chi connectivity index (χ1n) is 9.36. The summed E-state index contributed by atoms with van der Waals surface area (Å²) in [7, 11) is 0. The molecule has 1 aromatic rings. The molecule has 4 rings (SSSR count). The van der Waals surface area contributed by atoms with Crippen molar-refractivity contribution in [2.75, 3.05) is 19.6 Å². The lowest BCUT2D eigenvalue weighted by atomic mass is 9.94. The average Bonchev–Trinajstić information content (AvgIpc) is 2.90. The van der Waals surface area contributed by atoms with Crippen LogP contribution in [0.1, 0.15) is 40.5 Å². The average molecular weight is 390 g/mol. The summed E-state index contributed by atoms with van der Waals surface area (Å²) in [6, 6.07) is 1.31. The normalized spacial score (nSPS) is 21.1. The number of aromatic nitrogens is 2. The molecule has 8 heteroatoms. The zero-order valence-electron chi connectivity index (χ0n) is 15.8. The van der Waals surface area contributed by atoms with Crippen LogP contribution in [0, 0.1) is 5.92 Å². The highest BCUT2D eigenvalue weighted by atomic mass is 16.2. The molecular formula is C20H30N4O4. The van der Waals surface area contributed by atoms with E-state index < -0.39 is 11.2 Å². The number of aromatic amines is 1. The number of H-pyrrole nitrogens is 1. The Balaban J connectivity index is 0.00000280. The maximum absolute atomic E-state index is 12.7. The van der Waals surface area contributed by atoms with E-state index in [1.165, 1.54) is 22.4 Å². The summed E-state index contributed by atoms with van der Waals surface area (Å²) in [5, 5.41) is 0. The summed E-state index contributed by atoms with van der Waals surface area (Å²) in [6.07, 6.45) is 5.33. The fraction of sp³-hybridized carbons (Fsp3) is 0.600. The highest BCUT2D eigenvalue weighted by Gasteiger charge is 2.41.